The minimum absolute atomic E-state index is 0.0244. The summed E-state index contributed by atoms with van der Waals surface area (Å²) in [4.78, 5) is 4.17. The molecule has 1 aliphatic carbocycles. The Labute approximate surface area is 124 Å². The Bertz CT molecular complexity index is 762. The monoisotopic (exact) mass is 279 g/mol. The van der Waals surface area contributed by atoms with E-state index in [1.54, 1.807) is 13.3 Å². The minimum Gasteiger partial charge on any atom is -0.497 e. The molecule has 0 radical (unpaired) electrons. The zero-order valence-corrected chi connectivity index (χ0v) is 12.4. The third kappa shape index (κ3) is 1.63. The molecule has 4 rings (SSSR count). The van der Waals surface area contributed by atoms with Gasteiger partial charge in [0.15, 0.2) is 0 Å². The summed E-state index contributed by atoms with van der Waals surface area (Å²) in [5.74, 6) is 1.76. The number of hydrogen-bond acceptors (Lipinski definition) is 3. The van der Waals surface area contributed by atoms with E-state index in [1.165, 1.54) is 16.7 Å². The first kappa shape index (κ1) is 12.5. The summed E-state index contributed by atoms with van der Waals surface area (Å²) in [5.41, 5.74) is 4.78. The molecule has 1 unspecified atom stereocenters. The maximum atomic E-state index is 6.18. The average Bonchev–Trinajstić information content (AvgIpc) is 2.87. The van der Waals surface area contributed by atoms with E-state index in [0.29, 0.717) is 0 Å². The molecule has 0 spiro atoms. The van der Waals surface area contributed by atoms with Crippen molar-refractivity contribution >= 4 is 11.6 Å². The van der Waals surface area contributed by atoms with E-state index >= 15 is 0 Å². The van der Waals surface area contributed by atoms with Gasteiger partial charge in [0.25, 0.3) is 0 Å². The van der Waals surface area contributed by atoms with E-state index in [1.807, 2.05) is 18.3 Å². The predicted molar refractivity (Wildman–Crippen MR) is 82.5 cm³/mol. The van der Waals surface area contributed by atoms with Crippen LogP contribution in [0.2, 0.25) is 0 Å². The van der Waals surface area contributed by atoms with Crippen LogP contribution < -0.4 is 9.47 Å². The van der Waals surface area contributed by atoms with E-state index < -0.39 is 0 Å². The van der Waals surface area contributed by atoms with Crippen LogP contribution in [0.15, 0.2) is 36.7 Å². The number of hydrogen-bond donors (Lipinski definition) is 0. The van der Waals surface area contributed by atoms with Crippen molar-refractivity contribution in [3.63, 3.8) is 0 Å². The van der Waals surface area contributed by atoms with Gasteiger partial charge in [-0.3, -0.25) is 4.98 Å². The molecule has 1 aliphatic heterocycles. The molecule has 3 nitrogen and oxygen atoms in total. The predicted octanol–water partition coefficient (Wildman–Crippen LogP) is 3.68. The fourth-order valence-corrected chi connectivity index (χ4v) is 3.39. The van der Waals surface area contributed by atoms with Gasteiger partial charge >= 0.3 is 0 Å². The molecule has 0 amide bonds. The highest BCUT2D eigenvalue weighted by Gasteiger charge is 2.45. The molecule has 0 N–H and O–H groups in total. The first-order valence-electron chi connectivity index (χ1n) is 7.12. The van der Waals surface area contributed by atoms with Crippen LogP contribution >= 0.6 is 0 Å². The number of fused-ring (bicyclic) bond motifs is 4. The Hall–Kier alpha value is -2.29. The molecule has 0 saturated carbocycles. The third-order valence-corrected chi connectivity index (χ3v) is 4.54. The Balaban J connectivity index is 1.94. The fraction of sp³-hybridized carbons (Fsp3) is 0.278. The molecule has 0 saturated heterocycles. The molecule has 1 aromatic heterocycles. The summed E-state index contributed by atoms with van der Waals surface area (Å²) in [6.07, 6.45) is 5.88. The smallest absolute Gasteiger partial charge is 0.146 e. The lowest BCUT2D eigenvalue weighted by Gasteiger charge is -2.37. The van der Waals surface area contributed by atoms with Crippen LogP contribution in [0.25, 0.3) is 11.6 Å². The Morgan fingerprint density at radius 2 is 2.10 bits per heavy atom. The van der Waals surface area contributed by atoms with Crippen LogP contribution in [-0.2, 0) is 5.41 Å². The number of rotatable bonds is 1. The second-order valence-electron chi connectivity index (χ2n) is 6.14. The molecule has 106 valence electrons. The lowest BCUT2D eigenvalue weighted by Crippen LogP contribution is -2.39. The van der Waals surface area contributed by atoms with Gasteiger partial charge in [-0.05, 0) is 35.4 Å². The number of pyridine rings is 1. The Morgan fingerprint density at radius 3 is 2.90 bits per heavy atom. The minimum atomic E-state index is -0.118. The lowest BCUT2D eigenvalue weighted by molar-refractivity contribution is 0.190. The maximum absolute atomic E-state index is 6.18. The van der Waals surface area contributed by atoms with Crippen LogP contribution in [0.3, 0.4) is 0 Å². The number of methoxy groups -OCH3 is 1. The topological polar surface area (TPSA) is 31.4 Å². The highest BCUT2D eigenvalue weighted by molar-refractivity contribution is 5.92. The van der Waals surface area contributed by atoms with Crippen LogP contribution in [0.5, 0.6) is 11.5 Å². The SMILES string of the molecule is COc1ccc2c(c1)C(C)(C)C1Oc3cnccc3C1=C2. The maximum Gasteiger partial charge on any atom is 0.146 e. The first-order chi connectivity index (χ1) is 10.1. The van der Waals surface area contributed by atoms with Crippen molar-refractivity contribution in [2.75, 3.05) is 7.11 Å². The average molecular weight is 279 g/mol. The van der Waals surface area contributed by atoms with Crippen LogP contribution in [0.1, 0.15) is 30.5 Å². The molecule has 2 aliphatic rings. The quantitative estimate of drug-likeness (QED) is 0.798. The number of nitrogens with zero attached hydrogens (tertiary/aromatic N) is 1. The van der Waals surface area contributed by atoms with E-state index in [-0.39, 0.29) is 11.5 Å². The van der Waals surface area contributed by atoms with Gasteiger partial charge in [0.2, 0.25) is 0 Å². The number of aromatic nitrogens is 1. The Kier molecular flexibility index (Phi) is 2.43. The van der Waals surface area contributed by atoms with Crippen LogP contribution in [0.4, 0.5) is 0 Å². The molecular formula is C18H17NO2. The summed E-state index contributed by atoms with van der Waals surface area (Å²) in [7, 11) is 1.70. The van der Waals surface area contributed by atoms with E-state index in [2.05, 4.69) is 37.0 Å². The summed E-state index contributed by atoms with van der Waals surface area (Å²) in [5, 5.41) is 0. The van der Waals surface area contributed by atoms with Crippen LogP contribution in [-0.4, -0.2) is 18.2 Å². The van der Waals surface area contributed by atoms with Crippen molar-refractivity contribution in [1.29, 1.82) is 0 Å². The second-order valence-corrected chi connectivity index (χ2v) is 6.14. The van der Waals surface area contributed by atoms with Gasteiger partial charge in [0.05, 0.1) is 13.3 Å². The molecule has 1 aromatic carbocycles. The van der Waals surface area contributed by atoms with Gasteiger partial charge in [-0.1, -0.05) is 19.9 Å². The third-order valence-electron chi connectivity index (χ3n) is 4.54. The normalized spacial score (nSPS) is 20.7. The molecule has 2 aromatic rings. The largest absolute Gasteiger partial charge is 0.497 e. The van der Waals surface area contributed by atoms with Gasteiger partial charge in [-0.15, -0.1) is 0 Å². The van der Waals surface area contributed by atoms with Crippen LogP contribution in [0, 0.1) is 0 Å². The first-order valence-corrected chi connectivity index (χ1v) is 7.12. The van der Waals surface area contributed by atoms with Crippen molar-refractivity contribution in [2.24, 2.45) is 0 Å². The van der Waals surface area contributed by atoms with Crippen molar-refractivity contribution in [2.45, 2.75) is 25.4 Å². The molecule has 0 fully saturated rings. The van der Waals surface area contributed by atoms with Gasteiger partial charge in [-0.2, -0.15) is 0 Å². The molecule has 0 bridgehead atoms. The summed E-state index contributed by atoms with van der Waals surface area (Å²) in [6, 6.07) is 8.28. The van der Waals surface area contributed by atoms with Gasteiger partial charge < -0.3 is 9.47 Å². The number of benzene rings is 1. The second kappa shape index (κ2) is 4.10. The van der Waals surface area contributed by atoms with E-state index in [4.69, 9.17) is 9.47 Å². The molecule has 3 heteroatoms. The lowest BCUT2D eigenvalue weighted by atomic mass is 9.70. The summed E-state index contributed by atoms with van der Waals surface area (Å²) < 4.78 is 11.6. The molecule has 2 heterocycles. The van der Waals surface area contributed by atoms with Gasteiger partial charge in [0, 0.05) is 22.7 Å². The van der Waals surface area contributed by atoms with Crippen molar-refractivity contribution < 1.29 is 9.47 Å². The summed E-state index contributed by atoms with van der Waals surface area (Å²) in [6.45, 7) is 4.45. The van der Waals surface area contributed by atoms with E-state index in [9.17, 15) is 0 Å². The Morgan fingerprint density at radius 1 is 1.24 bits per heavy atom. The summed E-state index contributed by atoms with van der Waals surface area (Å²) >= 11 is 0. The molecule has 1 atom stereocenters. The molecular weight excluding hydrogens is 262 g/mol. The highest BCUT2D eigenvalue weighted by atomic mass is 16.5. The number of ether oxygens (including phenoxy) is 2. The molecule has 21 heavy (non-hydrogen) atoms. The van der Waals surface area contributed by atoms with Crippen molar-refractivity contribution in [3.05, 3.63) is 53.3 Å². The zero-order chi connectivity index (χ0) is 14.6. The standard InChI is InChI=1S/C18H17NO2/c1-18(2)15-9-12(20-3)5-4-11(15)8-14-13-6-7-19-10-16(13)21-17(14)18/h4-10,17H,1-3H3. The van der Waals surface area contributed by atoms with Gasteiger partial charge in [-0.25, -0.2) is 0 Å². The van der Waals surface area contributed by atoms with Gasteiger partial charge in [0.1, 0.15) is 17.6 Å². The zero-order valence-electron chi connectivity index (χ0n) is 12.4. The van der Waals surface area contributed by atoms with Crippen molar-refractivity contribution in [3.8, 4) is 11.5 Å². The van der Waals surface area contributed by atoms with Crippen molar-refractivity contribution in [1.82, 2.24) is 4.98 Å². The highest BCUT2D eigenvalue weighted by Crippen LogP contribution is 2.50. The fourth-order valence-electron chi connectivity index (χ4n) is 3.39. The van der Waals surface area contributed by atoms with E-state index in [0.717, 1.165) is 17.1 Å².